The number of benzene rings is 1. The number of carboxylic acids is 1. The topological polar surface area (TPSA) is 72.1 Å². The van der Waals surface area contributed by atoms with Gasteiger partial charge >= 0.3 is 5.97 Å². The number of aromatic nitrogens is 1. The van der Waals surface area contributed by atoms with E-state index in [1.165, 1.54) is 0 Å². The quantitative estimate of drug-likeness (QED) is 0.291. The monoisotopic (exact) mass is 467 g/mol. The number of aliphatic carboxylic acids is 1. The van der Waals surface area contributed by atoms with E-state index in [1.807, 2.05) is 51.4 Å². The summed E-state index contributed by atoms with van der Waals surface area (Å²) in [5, 5.41) is 9.09. The van der Waals surface area contributed by atoms with Crippen LogP contribution in [0.2, 0.25) is 0 Å². The molecular weight excluding hydrogens is 432 g/mol. The lowest BCUT2D eigenvalue weighted by Gasteiger charge is -2.39. The van der Waals surface area contributed by atoms with Crippen molar-refractivity contribution in [1.82, 2.24) is 0 Å². The van der Waals surface area contributed by atoms with Gasteiger partial charge in [-0.1, -0.05) is 20.4 Å². The number of carboxylic acid groups (broad SMARTS) is 1. The molecule has 1 aromatic heterocycles. The molecule has 182 valence electrons. The minimum Gasteiger partial charge on any atom is -0.493 e. The minimum absolute atomic E-state index is 0.293. The molecule has 2 aliphatic rings. The van der Waals surface area contributed by atoms with Gasteiger partial charge in [-0.25, -0.2) is 0 Å². The predicted molar refractivity (Wildman–Crippen MR) is 134 cm³/mol. The molecule has 0 amide bonds. The summed E-state index contributed by atoms with van der Waals surface area (Å²) in [6.45, 7) is 15.4. The highest BCUT2D eigenvalue weighted by Crippen LogP contribution is 2.39. The van der Waals surface area contributed by atoms with Gasteiger partial charge in [0.15, 0.2) is 17.7 Å². The van der Waals surface area contributed by atoms with E-state index in [9.17, 15) is 4.79 Å². The number of aryl methyl sites for hydroxylation is 1. The number of hydrogen-bond donors (Lipinski definition) is 1. The number of pyridine rings is 1. The van der Waals surface area contributed by atoms with E-state index in [-0.39, 0.29) is 5.92 Å². The highest BCUT2D eigenvalue weighted by atomic mass is 16.5. The van der Waals surface area contributed by atoms with Crippen LogP contribution in [0.4, 0.5) is 5.69 Å². The van der Waals surface area contributed by atoms with Crippen LogP contribution in [-0.4, -0.2) is 38.4 Å². The molecule has 4 rings (SSSR count). The van der Waals surface area contributed by atoms with E-state index < -0.39 is 5.97 Å². The Morgan fingerprint density at radius 3 is 2.47 bits per heavy atom. The fourth-order valence-corrected chi connectivity index (χ4v) is 3.90. The van der Waals surface area contributed by atoms with Gasteiger partial charge in [0, 0.05) is 30.4 Å². The van der Waals surface area contributed by atoms with Crippen molar-refractivity contribution in [3.05, 3.63) is 72.8 Å². The van der Waals surface area contributed by atoms with Crippen LogP contribution in [0.15, 0.2) is 61.7 Å². The lowest BCUT2D eigenvalue weighted by molar-refractivity contribution is -0.661. The molecule has 1 saturated heterocycles. The zero-order valence-electron chi connectivity index (χ0n) is 20.8. The largest absolute Gasteiger partial charge is 0.493 e. The first-order chi connectivity index (χ1) is 16.4. The second kappa shape index (κ2) is 11.9. The molecule has 1 N–H and O–H groups in total. The third-order valence-electron chi connectivity index (χ3n) is 5.58. The lowest BCUT2D eigenvalue weighted by atomic mass is 9.97. The number of rotatable bonds is 6. The van der Waals surface area contributed by atoms with Crippen LogP contribution in [0.3, 0.4) is 0 Å². The average Bonchev–Trinajstić information content (AvgIpc) is 2.83. The molecule has 0 radical (unpaired) electrons. The van der Waals surface area contributed by atoms with Crippen molar-refractivity contribution in [1.29, 1.82) is 0 Å². The summed E-state index contributed by atoms with van der Waals surface area (Å²) < 4.78 is 18.7. The van der Waals surface area contributed by atoms with Gasteiger partial charge in [-0.2, -0.15) is 4.57 Å². The third-order valence-corrected chi connectivity index (χ3v) is 5.58. The Morgan fingerprint density at radius 2 is 1.88 bits per heavy atom. The fourth-order valence-electron chi connectivity index (χ4n) is 3.90. The summed E-state index contributed by atoms with van der Waals surface area (Å²) in [6, 6.07) is 8.13. The maximum Gasteiger partial charge on any atom is 0.310 e. The molecule has 3 heterocycles. The Balaban J connectivity index is 0.000000970. The molecule has 0 atom stereocenters. The maximum atomic E-state index is 11.1. The molecule has 34 heavy (non-hydrogen) atoms. The summed E-state index contributed by atoms with van der Waals surface area (Å²) >= 11 is 0. The minimum atomic E-state index is -0.739. The van der Waals surface area contributed by atoms with Gasteiger partial charge in [-0.05, 0) is 24.3 Å². The Bertz CT molecular complexity index is 1070. The van der Waals surface area contributed by atoms with Crippen LogP contribution in [0, 0.1) is 5.92 Å². The van der Waals surface area contributed by atoms with Crippen LogP contribution in [0.25, 0.3) is 17.3 Å². The van der Waals surface area contributed by atoms with Gasteiger partial charge in [0.1, 0.15) is 19.4 Å². The average molecular weight is 468 g/mol. The van der Waals surface area contributed by atoms with E-state index in [4.69, 9.17) is 19.3 Å². The van der Waals surface area contributed by atoms with E-state index in [0.717, 1.165) is 33.8 Å². The van der Waals surface area contributed by atoms with E-state index in [2.05, 4.69) is 35.3 Å². The number of anilines is 1. The summed E-state index contributed by atoms with van der Waals surface area (Å²) in [6.07, 6.45) is 3.91. The summed E-state index contributed by atoms with van der Waals surface area (Å²) in [4.78, 5) is 13.1. The highest BCUT2D eigenvalue weighted by molar-refractivity contribution is 5.77. The molecule has 0 aliphatic carbocycles. The van der Waals surface area contributed by atoms with Crippen molar-refractivity contribution in [2.24, 2.45) is 13.0 Å². The van der Waals surface area contributed by atoms with Crippen LogP contribution in [-0.2, 0) is 27.9 Å². The summed E-state index contributed by atoms with van der Waals surface area (Å²) in [7, 11) is 5.15. The zero-order chi connectivity index (χ0) is 25.4. The number of ether oxygens (including phenoxy) is 3. The van der Waals surface area contributed by atoms with Gasteiger partial charge in [0.05, 0.1) is 31.3 Å². The number of hydrogen-bond acceptors (Lipinski definition) is 5. The van der Waals surface area contributed by atoms with Crippen molar-refractivity contribution in [2.45, 2.75) is 20.5 Å². The Morgan fingerprint density at radius 1 is 1.21 bits per heavy atom. The van der Waals surface area contributed by atoms with Gasteiger partial charge in [-0.15, -0.1) is 13.2 Å². The SMILES string of the molecule is C=C.C=C(OC)/C(=C\c1cc2c([n+](C)c1)-c1ccc(N3CC(C(=O)O)C3)cc1OC2)OC.CC. The van der Waals surface area contributed by atoms with Crippen molar-refractivity contribution in [2.75, 3.05) is 32.2 Å². The molecule has 0 saturated carbocycles. The van der Waals surface area contributed by atoms with Gasteiger partial charge < -0.3 is 24.2 Å². The standard InChI is InChI=1S/C23H24N2O5.C2H6.C2H4/c1-14(28-3)20(29-4)8-15-7-16-13-30-21-9-18(25-11-17(12-25)23(26)27)5-6-19(21)22(16)24(2)10-15;2*1-2/h5-10,17H,1,11-13H2,2-4H3;1-2H3;1-2H2/p+1/b20-8+;;. The fraction of sp³-hybridized carbons (Fsp3) is 0.333. The lowest BCUT2D eigenvalue weighted by Crippen LogP contribution is -2.50. The molecule has 0 unspecified atom stereocenters. The Labute approximate surface area is 202 Å². The first kappa shape index (κ1) is 26.5. The molecule has 0 bridgehead atoms. The maximum absolute atomic E-state index is 11.1. The van der Waals surface area contributed by atoms with Crippen molar-refractivity contribution in [3.8, 4) is 17.0 Å². The van der Waals surface area contributed by atoms with Crippen molar-refractivity contribution < 1.29 is 28.7 Å². The van der Waals surface area contributed by atoms with Gasteiger partial charge in [0.25, 0.3) is 0 Å². The van der Waals surface area contributed by atoms with Crippen LogP contribution in [0.1, 0.15) is 25.0 Å². The normalized spacial score (nSPS) is 13.9. The zero-order valence-corrected chi connectivity index (χ0v) is 20.8. The van der Waals surface area contributed by atoms with Gasteiger partial charge in [0.2, 0.25) is 5.69 Å². The molecule has 7 nitrogen and oxygen atoms in total. The Hall–Kier alpha value is -3.74. The number of nitrogens with zero attached hydrogens (tertiary/aromatic N) is 2. The summed E-state index contributed by atoms with van der Waals surface area (Å²) in [5.41, 5.74) is 5.12. The molecule has 1 fully saturated rings. The smallest absolute Gasteiger partial charge is 0.310 e. The predicted octanol–water partition coefficient (Wildman–Crippen LogP) is 4.57. The van der Waals surface area contributed by atoms with E-state index in [1.54, 1.807) is 14.2 Å². The molecule has 2 aliphatic heterocycles. The number of carbonyl (C=O) groups is 1. The molecular formula is C27H35N2O5+. The molecule has 2 aromatic rings. The first-order valence-electron chi connectivity index (χ1n) is 11.2. The molecule has 1 aromatic carbocycles. The van der Waals surface area contributed by atoms with Crippen molar-refractivity contribution in [3.63, 3.8) is 0 Å². The number of methoxy groups -OCH3 is 2. The van der Waals surface area contributed by atoms with Crippen LogP contribution in [0.5, 0.6) is 5.75 Å². The summed E-state index contributed by atoms with van der Waals surface area (Å²) in [5.74, 6) is 0.801. The highest BCUT2D eigenvalue weighted by Gasteiger charge is 2.34. The second-order valence-corrected chi connectivity index (χ2v) is 7.51. The van der Waals surface area contributed by atoms with Crippen LogP contribution >= 0.6 is 0 Å². The second-order valence-electron chi connectivity index (χ2n) is 7.51. The first-order valence-corrected chi connectivity index (χ1v) is 11.2. The van der Waals surface area contributed by atoms with E-state index in [0.29, 0.717) is 31.2 Å². The van der Waals surface area contributed by atoms with Crippen LogP contribution < -0.4 is 14.2 Å². The number of fused-ring (bicyclic) bond motifs is 3. The molecule has 7 heteroatoms. The van der Waals surface area contributed by atoms with Crippen molar-refractivity contribution >= 4 is 17.7 Å². The van der Waals surface area contributed by atoms with Gasteiger partial charge in [-0.3, -0.25) is 4.79 Å². The Kier molecular flexibility index (Phi) is 9.30. The van der Waals surface area contributed by atoms with E-state index >= 15 is 0 Å². The third kappa shape index (κ3) is 5.42. The molecule has 0 spiro atoms.